The lowest BCUT2D eigenvalue weighted by atomic mass is 10.2. The van der Waals surface area contributed by atoms with Gasteiger partial charge in [-0.1, -0.05) is 6.07 Å². The molecule has 142 valence electrons. The third-order valence-electron chi connectivity index (χ3n) is 3.72. The SMILES string of the molecule is CCOc1ccc(N(CCC#N)C(=O)COC(=O)CCc2cccs2)cc1. The molecule has 0 aliphatic rings. The largest absolute Gasteiger partial charge is 0.494 e. The molecule has 2 rings (SSSR count). The number of esters is 1. The Kier molecular flexibility index (Phi) is 8.33. The van der Waals surface area contributed by atoms with Crippen LogP contribution in [0.3, 0.4) is 0 Å². The molecule has 0 saturated carbocycles. The fraction of sp³-hybridized carbons (Fsp3) is 0.350. The number of carbonyl (C=O) groups is 2. The summed E-state index contributed by atoms with van der Waals surface area (Å²) in [5.41, 5.74) is 0.633. The third kappa shape index (κ3) is 6.76. The van der Waals surface area contributed by atoms with Crippen molar-refractivity contribution in [2.24, 2.45) is 0 Å². The van der Waals surface area contributed by atoms with Gasteiger partial charge in [-0.3, -0.25) is 9.59 Å². The van der Waals surface area contributed by atoms with E-state index >= 15 is 0 Å². The Labute approximate surface area is 162 Å². The summed E-state index contributed by atoms with van der Waals surface area (Å²) in [7, 11) is 0. The van der Waals surface area contributed by atoms with Crippen LogP contribution in [0.25, 0.3) is 0 Å². The van der Waals surface area contributed by atoms with Crippen molar-refractivity contribution in [1.29, 1.82) is 5.26 Å². The van der Waals surface area contributed by atoms with Gasteiger partial charge in [-0.15, -0.1) is 11.3 Å². The highest BCUT2D eigenvalue weighted by atomic mass is 32.1. The fourth-order valence-corrected chi connectivity index (χ4v) is 3.13. The lowest BCUT2D eigenvalue weighted by Gasteiger charge is -2.22. The summed E-state index contributed by atoms with van der Waals surface area (Å²) in [5, 5.41) is 10.8. The average molecular weight is 386 g/mol. The standard InChI is InChI=1S/C20H22N2O4S/c1-2-25-17-8-6-16(7-9-17)22(13-4-12-21)19(23)15-26-20(24)11-10-18-5-3-14-27-18/h3,5-9,14H,2,4,10-11,13,15H2,1H3. The van der Waals surface area contributed by atoms with Crippen LogP contribution in [0, 0.1) is 11.3 Å². The Hall–Kier alpha value is -2.85. The first-order valence-electron chi connectivity index (χ1n) is 8.72. The highest BCUT2D eigenvalue weighted by molar-refractivity contribution is 7.09. The molecule has 27 heavy (non-hydrogen) atoms. The Balaban J connectivity index is 1.91. The normalized spacial score (nSPS) is 10.1. The van der Waals surface area contributed by atoms with Crippen LogP contribution < -0.4 is 9.64 Å². The van der Waals surface area contributed by atoms with Crippen molar-refractivity contribution in [3.8, 4) is 11.8 Å². The van der Waals surface area contributed by atoms with E-state index in [0.717, 1.165) is 4.88 Å². The summed E-state index contributed by atoms with van der Waals surface area (Å²) in [5.74, 6) is -0.0727. The number of hydrogen-bond donors (Lipinski definition) is 0. The molecule has 1 amide bonds. The van der Waals surface area contributed by atoms with E-state index in [1.807, 2.05) is 30.5 Å². The van der Waals surface area contributed by atoms with Crippen molar-refractivity contribution in [1.82, 2.24) is 0 Å². The Morgan fingerprint density at radius 2 is 2.00 bits per heavy atom. The number of amides is 1. The molecule has 1 aromatic heterocycles. The van der Waals surface area contributed by atoms with Crippen molar-refractivity contribution in [3.05, 3.63) is 46.7 Å². The van der Waals surface area contributed by atoms with Crippen molar-refractivity contribution >= 4 is 28.9 Å². The van der Waals surface area contributed by atoms with E-state index in [4.69, 9.17) is 14.7 Å². The Bertz CT molecular complexity index is 766. The van der Waals surface area contributed by atoms with Gasteiger partial charge in [0.1, 0.15) is 5.75 Å². The first-order valence-corrected chi connectivity index (χ1v) is 9.60. The zero-order chi connectivity index (χ0) is 19.5. The van der Waals surface area contributed by atoms with Crippen LogP contribution in [-0.2, 0) is 20.7 Å². The zero-order valence-electron chi connectivity index (χ0n) is 15.2. The maximum absolute atomic E-state index is 12.5. The smallest absolute Gasteiger partial charge is 0.306 e. The molecule has 0 spiro atoms. The van der Waals surface area contributed by atoms with Gasteiger partial charge in [-0.25, -0.2) is 0 Å². The van der Waals surface area contributed by atoms with Gasteiger partial charge in [0.2, 0.25) is 0 Å². The summed E-state index contributed by atoms with van der Waals surface area (Å²) in [4.78, 5) is 26.9. The van der Waals surface area contributed by atoms with Gasteiger partial charge in [0, 0.05) is 17.1 Å². The van der Waals surface area contributed by atoms with Crippen molar-refractivity contribution in [2.75, 3.05) is 24.7 Å². The number of nitrogens with zero attached hydrogens (tertiary/aromatic N) is 2. The molecule has 7 heteroatoms. The number of anilines is 1. The predicted molar refractivity (Wildman–Crippen MR) is 104 cm³/mol. The molecule has 0 fully saturated rings. The predicted octanol–water partition coefficient (Wildman–Crippen LogP) is 3.57. The van der Waals surface area contributed by atoms with Gasteiger partial charge in [-0.2, -0.15) is 5.26 Å². The highest BCUT2D eigenvalue weighted by Crippen LogP contribution is 2.20. The first kappa shape index (κ1) is 20.5. The second-order valence-corrected chi connectivity index (χ2v) is 6.65. The van der Waals surface area contributed by atoms with E-state index in [9.17, 15) is 9.59 Å². The van der Waals surface area contributed by atoms with E-state index in [1.165, 1.54) is 4.90 Å². The maximum Gasteiger partial charge on any atom is 0.306 e. The molecule has 0 bridgehead atoms. The van der Waals surface area contributed by atoms with Crippen LogP contribution in [0.4, 0.5) is 5.69 Å². The van der Waals surface area contributed by atoms with Crippen LogP contribution in [0.15, 0.2) is 41.8 Å². The molecule has 1 aromatic carbocycles. The van der Waals surface area contributed by atoms with E-state index < -0.39 is 5.97 Å². The van der Waals surface area contributed by atoms with Gasteiger partial charge in [0.05, 0.1) is 25.5 Å². The van der Waals surface area contributed by atoms with Gasteiger partial charge < -0.3 is 14.4 Å². The summed E-state index contributed by atoms with van der Waals surface area (Å²) in [6, 6.07) is 12.9. The van der Waals surface area contributed by atoms with Crippen LogP contribution in [-0.4, -0.2) is 31.6 Å². The number of rotatable bonds is 10. The van der Waals surface area contributed by atoms with E-state index in [2.05, 4.69) is 0 Å². The molecule has 2 aromatic rings. The highest BCUT2D eigenvalue weighted by Gasteiger charge is 2.17. The molecule has 1 heterocycles. The molecule has 0 saturated heterocycles. The second kappa shape index (κ2) is 11.0. The van der Waals surface area contributed by atoms with Crippen LogP contribution in [0.5, 0.6) is 5.75 Å². The number of aryl methyl sites for hydroxylation is 1. The topological polar surface area (TPSA) is 79.6 Å². The second-order valence-electron chi connectivity index (χ2n) is 5.62. The molecular weight excluding hydrogens is 364 g/mol. The number of ether oxygens (including phenoxy) is 2. The lowest BCUT2D eigenvalue weighted by molar-refractivity contribution is -0.147. The third-order valence-corrected chi connectivity index (χ3v) is 4.66. The van der Waals surface area contributed by atoms with Gasteiger partial charge in [-0.05, 0) is 49.1 Å². The maximum atomic E-state index is 12.5. The molecule has 0 unspecified atom stereocenters. The summed E-state index contributed by atoms with van der Waals surface area (Å²) in [6.07, 6.45) is 1.02. The minimum Gasteiger partial charge on any atom is -0.494 e. The summed E-state index contributed by atoms with van der Waals surface area (Å²) < 4.78 is 10.5. The first-order chi connectivity index (χ1) is 13.1. The lowest BCUT2D eigenvalue weighted by Crippen LogP contribution is -2.35. The minimum atomic E-state index is -0.413. The number of thiophene rings is 1. The molecule has 0 aliphatic carbocycles. The summed E-state index contributed by atoms with van der Waals surface area (Å²) >= 11 is 1.58. The molecule has 0 aliphatic heterocycles. The van der Waals surface area contributed by atoms with Gasteiger partial charge in [0.25, 0.3) is 5.91 Å². The molecule has 0 atom stereocenters. The van der Waals surface area contributed by atoms with Gasteiger partial charge >= 0.3 is 5.97 Å². The van der Waals surface area contributed by atoms with Crippen molar-refractivity contribution in [3.63, 3.8) is 0 Å². The number of benzene rings is 1. The number of nitriles is 1. The zero-order valence-corrected chi connectivity index (χ0v) is 16.0. The molecular formula is C20H22N2O4S. The minimum absolute atomic E-state index is 0.186. The Morgan fingerprint density at radius 1 is 1.22 bits per heavy atom. The average Bonchev–Trinajstić information content (AvgIpc) is 3.20. The monoisotopic (exact) mass is 386 g/mol. The number of hydrogen-bond acceptors (Lipinski definition) is 6. The van der Waals surface area contributed by atoms with E-state index in [-0.39, 0.29) is 31.9 Å². The van der Waals surface area contributed by atoms with E-state index in [0.29, 0.717) is 24.5 Å². The summed E-state index contributed by atoms with van der Waals surface area (Å²) in [6.45, 7) is 2.33. The van der Waals surface area contributed by atoms with Gasteiger partial charge in [0.15, 0.2) is 6.61 Å². The number of carbonyl (C=O) groups excluding carboxylic acids is 2. The van der Waals surface area contributed by atoms with Crippen LogP contribution in [0.1, 0.15) is 24.6 Å². The van der Waals surface area contributed by atoms with Crippen molar-refractivity contribution in [2.45, 2.75) is 26.2 Å². The fourth-order valence-electron chi connectivity index (χ4n) is 2.42. The molecule has 0 N–H and O–H groups in total. The molecule has 6 nitrogen and oxygen atoms in total. The quantitative estimate of drug-likeness (QED) is 0.583. The van der Waals surface area contributed by atoms with Crippen molar-refractivity contribution < 1.29 is 19.1 Å². The van der Waals surface area contributed by atoms with E-state index in [1.54, 1.807) is 35.6 Å². The van der Waals surface area contributed by atoms with Crippen LogP contribution in [0.2, 0.25) is 0 Å². The molecule has 0 radical (unpaired) electrons. The van der Waals surface area contributed by atoms with Crippen LogP contribution >= 0.6 is 11.3 Å². The Morgan fingerprint density at radius 3 is 2.63 bits per heavy atom.